The Labute approximate surface area is 101 Å². The molecule has 0 aliphatic rings. The van der Waals surface area contributed by atoms with Gasteiger partial charge in [-0.25, -0.2) is 13.6 Å². The van der Waals surface area contributed by atoms with Crippen molar-refractivity contribution in [3.63, 3.8) is 0 Å². The molecule has 18 heavy (non-hydrogen) atoms. The topological polar surface area (TPSA) is 55.1 Å². The van der Waals surface area contributed by atoms with Crippen LogP contribution in [0.3, 0.4) is 0 Å². The molecule has 1 N–H and O–H groups in total. The standard InChI is InChI=1S/C12H10F2N2O2/c1-7-4-11(12(17)18)15-16(7)6-8-2-3-9(13)10(14)5-8/h2-5H,6H2,1H3,(H,17,18). The average Bonchev–Trinajstić information content (AvgIpc) is 2.66. The summed E-state index contributed by atoms with van der Waals surface area (Å²) in [7, 11) is 0. The number of hydrogen-bond donors (Lipinski definition) is 1. The van der Waals surface area contributed by atoms with Crippen LogP contribution in [0.5, 0.6) is 0 Å². The third kappa shape index (κ3) is 2.37. The minimum atomic E-state index is -1.12. The van der Waals surface area contributed by atoms with Crippen molar-refractivity contribution in [2.24, 2.45) is 0 Å². The number of carbonyl (C=O) groups is 1. The van der Waals surface area contributed by atoms with E-state index in [9.17, 15) is 13.6 Å². The smallest absolute Gasteiger partial charge is 0.356 e. The molecule has 0 bridgehead atoms. The summed E-state index contributed by atoms with van der Waals surface area (Å²) in [6, 6.07) is 4.95. The van der Waals surface area contributed by atoms with Crippen LogP contribution in [0.15, 0.2) is 24.3 Å². The first-order valence-corrected chi connectivity index (χ1v) is 5.19. The lowest BCUT2D eigenvalue weighted by Crippen LogP contribution is -2.06. The van der Waals surface area contributed by atoms with Gasteiger partial charge in [-0.1, -0.05) is 6.07 Å². The molecule has 0 aliphatic carbocycles. The van der Waals surface area contributed by atoms with Crippen molar-refractivity contribution >= 4 is 5.97 Å². The molecule has 0 saturated heterocycles. The van der Waals surface area contributed by atoms with Gasteiger partial charge in [0.25, 0.3) is 0 Å². The van der Waals surface area contributed by atoms with E-state index in [1.165, 1.54) is 16.8 Å². The van der Waals surface area contributed by atoms with E-state index in [-0.39, 0.29) is 12.2 Å². The molecule has 0 aliphatic heterocycles. The van der Waals surface area contributed by atoms with E-state index >= 15 is 0 Å². The number of aromatic nitrogens is 2. The molecule has 1 heterocycles. The second-order valence-electron chi connectivity index (χ2n) is 3.88. The van der Waals surface area contributed by atoms with Crippen LogP contribution in [-0.4, -0.2) is 20.9 Å². The molecular weight excluding hydrogens is 242 g/mol. The third-order valence-electron chi connectivity index (χ3n) is 2.52. The van der Waals surface area contributed by atoms with E-state index in [1.807, 2.05) is 0 Å². The molecule has 2 rings (SSSR count). The summed E-state index contributed by atoms with van der Waals surface area (Å²) in [4.78, 5) is 10.7. The maximum absolute atomic E-state index is 13.0. The number of rotatable bonds is 3. The zero-order valence-corrected chi connectivity index (χ0v) is 9.52. The largest absolute Gasteiger partial charge is 0.476 e. The molecule has 94 valence electrons. The van der Waals surface area contributed by atoms with E-state index in [4.69, 9.17) is 5.11 Å². The lowest BCUT2D eigenvalue weighted by molar-refractivity contribution is 0.0689. The summed E-state index contributed by atoms with van der Waals surface area (Å²) in [5.74, 6) is -2.97. The van der Waals surface area contributed by atoms with Crippen molar-refractivity contribution in [2.75, 3.05) is 0 Å². The van der Waals surface area contributed by atoms with Crippen LogP contribution in [0.2, 0.25) is 0 Å². The van der Waals surface area contributed by atoms with E-state index in [1.54, 1.807) is 6.92 Å². The minimum Gasteiger partial charge on any atom is -0.476 e. The average molecular weight is 252 g/mol. The van der Waals surface area contributed by atoms with Crippen molar-refractivity contribution in [1.82, 2.24) is 9.78 Å². The summed E-state index contributed by atoms with van der Waals surface area (Å²) < 4.78 is 27.2. The number of nitrogens with zero attached hydrogens (tertiary/aromatic N) is 2. The second-order valence-corrected chi connectivity index (χ2v) is 3.88. The Morgan fingerprint density at radius 2 is 2.06 bits per heavy atom. The summed E-state index contributed by atoms with van der Waals surface area (Å²) >= 11 is 0. The maximum Gasteiger partial charge on any atom is 0.356 e. The van der Waals surface area contributed by atoms with Crippen LogP contribution in [0.25, 0.3) is 0 Å². The zero-order chi connectivity index (χ0) is 13.3. The molecule has 0 fully saturated rings. The molecule has 4 nitrogen and oxygen atoms in total. The van der Waals surface area contributed by atoms with Gasteiger partial charge in [-0.2, -0.15) is 5.10 Å². The van der Waals surface area contributed by atoms with E-state index in [0.717, 1.165) is 12.1 Å². The van der Waals surface area contributed by atoms with Gasteiger partial charge in [0.1, 0.15) is 0 Å². The number of hydrogen-bond acceptors (Lipinski definition) is 2. The highest BCUT2D eigenvalue weighted by Gasteiger charge is 2.11. The molecule has 2 aromatic rings. The van der Waals surface area contributed by atoms with Gasteiger partial charge in [-0.3, -0.25) is 4.68 Å². The number of aromatic carboxylic acids is 1. The summed E-state index contributed by atoms with van der Waals surface area (Å²) in [6.45, 7) is 1.88. The number of halogens is 2. The number of carboxylic acids is 1. The van der Waals surface area contributed by atoms with Crippen molar-refractivity contribution < 1.29 is 18.7 Å². The maximum atomic E-state index is 13.0. The van der Waals surface area contributed by atoms with Gasteiger partial charge < -0.3 is 5.11 Å². The van der Waals surface area contributed by atoms with Crippen LogP contribution < -0.4 is 0 Å². The molecule has 1 aromatic heterocycles. The van der Waals surface area contributed by atoms with Crippen LogP contribution in [0, 0.1) is 18.6 Å². The quantitative estimate of drug-likeness (QED) is 0.911. The Bertz CT molecular complexity index is 608. The monoisotopic (exact) mass is 252 g/mol. The molecule has 6 heteroatoms. The summed E-state index contributed by atoms with van der Waals surface area (Å²) in [6.07, 6.45) is 0. The predicted molar refractivity (Wildman–Crippen MR) is 59.4 cm³/mol. The van der Waals surface area contributed by atoms with Crippen LogP contribution in [0.4, 0.5) is 8.78 Å². The van der Waals surface area contributed by atoms with Gasteiger partial charge in [0.15, 0.2) is 17.3 Å². The lowest BCUT2D eigenvalue weighted by Gasteiger charge is -2.04. The minimum absolute atomic E-state index is 0.0740. The molecule has 0 amide bonds. The molecule has 0 unspecified atom stereocenters. The molecular formula is C12H10F2N2O2. The van der Waals surface area contributed by atoms with Crippen LogP contribution >= 0.6 is 0 Å². The summed E-state index contributed by atoms with van der Waals surface area (Å²) in [5, 5.41) is 12.6. The summed E-state index contributed by atoms with van der Waals surface area (Å²) in [5.41, 5.74) is 1.07. The lowest BCUT2D eigenvalue weighted by atomic mass is 10.2. The van der Waals surface area contributed by atoms with Gasteiger partial charge in [0.2, 0.25) is 0 Å². The van der Waals surface area contributed by atoms with Crippen LogP contribution in [-0.2, 0) is 6.54 Å². The highest BCUT2D eigenvalue weighted by atomic mass is 19.2. The molecule has 0 radical (unpaired) electrons. The van der Waals surface area contributed by atoms with Crippen molar-refractivity contribution in [1.29, 1.82) is 0 Å². The van der Waals surface area contributed by atoms with E-state index < -0.39 is 17.6 Å². The van der Waals surface area contributed by atoms with Gasteiger partial charge >= 0.3 is 5.97 Å². The Balaban J connectivity index is 2.28. The fourth-order valence-corrected chi connectivity index (χ4v) is 1.59. The van der Waals surface area contributed by atoms with Crippen molar-refractivity contribution in [3.05, 3.63) is 52.9 Å². The molecule has 1 aromatic carbocycles. The van der Waals surface area contributed by atoms with Gasteiger partial charge in [-0.05, 0) is 30.7 Å². The Hall–Kier alpha value is -2.24. The first kappa shape index (κ1) is 12.2. The first-order chi connectivity index (χ1) is 8.47. The van der Waals surface area contributed by atoms with Crippen molar-refractivity contribution in [3.8, 4) is 0 Å². The van der Waals surface area contributed by atoms with Crippen LogP contribution in [0.1, 0.15) is 21.7 Å². The Kier molecular flexibility index (Phi) is 3.10. The SMILES string of the molecule is Cc1cc(C(=O)O)nn1Cc1ccc(F)c(F)c1. The van der Waals surface area contributed by atoms with Gasteiger partial charge in [-0.15, -0.1) is 0 Å². The fourth-order valence-electron chi connectivity index (χ4n) is 1.59. The molecule has 0 saturated carbocycles. The van der Waals surface area contributed by atoms with Crippen molar-refractivity contribution in [2.45, 2.75) is 13.5 Å². The zero-order valence-electron chi connectivity index (χ0n) is 9.52. The normalized spacial score (nSPS) is 10.6. The van der Waals surface area contributed by atoms with Gasteiger partial charge in [0.05, 0.1) is 6.54 Å². The van der Waals surface area contributed by atoms with E-state index in [0.29, 0.717) is 11.3 Å². The van der Waals surface area contributed by atoms with Gasteiger partial charge in [0, 0.05) is 5.69 Å². The van der Waals surface area contributed by atoms with E-state index in [2.05, 4.69) is 5.10 Å². The number of benzene rings is 1. The fraction of sp³-hybridized carbons (Fsp3) is 0.167. The molecule has 0 spiro atoms. The first-order valence-electron chi connectivity index (χ1n) is 5.19. The molecule has 0 atom stereocenters. The number of carboxylic acid groups (broad SMARTS) is 1. The second kappa shape index (κ2) is 4.56. The highest BCUT2D eigenvalue weighted by Crippen LogP contribution is 2.12. The third-order valence-corrected chi connectivity index (χ3v) is 2.52. The number of aryl methyl sites for hydroxylation is 1. The Morgan fingerprint density at radius 3 is 2.61 bits per heavy atom. The Morgan fingerprint density at radius 1 is 1.33 bits per heavy atom. The highest BCUT2D eigenvalue weighted by molar-refractivity contribution is 5.85. The predicted octanol–water partition coefficient (Wildman–Crippen LogP) is 2.22.